The molecule has 1 aromatic carbocycles. The van der Waals surface area contributed by atoms with E-state index in [0.29, 0.717) is 32.4 Å². The van der Waals surface area contributed by atoms with Gasteiger partial charge in [-0.2, -0.15) is 0 Å². The number of aliphatic carboxylic acids is 1. The van der Waals surface area contributed by atoms with Gasteiger partial charge >= 0.3 is 5.97 Å². The number of carbonyl (C=O) groups is 2. The van der Waals surface area contributed by atoms with Gasteiger partial charge in [0.25, 0.3) is 5.69 Å². The van der Waals surface area contributed by atoms with Crippen molar-refractivity contribution in [1.82, 2.24) is 4.90 Å². The number of non-ortho nitro benzene ring substituents is 1. The number of hydrogen-bond donors (Lipinski definition) is 2. The number of hydrogen-bond acceptors (Lipinski definition) is 6. The summed E-state index contributed by atoms with van der Waals surface area (Å²) >= 11 is 0. The van der Waals surface area contributed by atoms with E-state index in [-0.39, 0.29) is 24.7 Å². The minimum absolute atomic E-state index is 0.0257. The van der Waals surface area contributed by atoms with Crippen LogP contribution in [-0.4, -0.2) is 60.2 Å². The van der Waals surface area contributed by atoms with E-state index in [1.807, 2.05) is 0 Å². The highest BCUT2D eigenvalue weighted by molar-refractivity contribution is 5.80. The second-order valence-corrected chi connectivity index (χ2v) is 6.42. The Morgan fingerprint density at radius 2 is 2.08 bits per heavy atom. The highest BCUT2D eigenvalue weighted by Crippen LogP contribution is 2.31. The van der Waals surface area contributed by atoms with Gasteiger partial charge in [0.2, 0.25) is 5.91 Å². The Kier molecular flexibility index (Phi) is 6.51. The molecule has 1 aliphatic heterocycles. The summed E-state index contributed by atoms with van der Waals surface area (Å²) in [7, 11) is 1.46. The standard InChI is InChI=1S/C17H23N3O6/c1-26-12-17(16(22)23)8-10-19(11-17)15(21)3-2-9-18-13-4-6-14(7-5-13)20(24)25/h4-7,18H,2-3,8-12H2,1H3,(H,22,23). The van der Waals surface area contributed by atoms with Crippen LogP contribution in [0.25, 0.3) is 0 Å². The number of nitro benzene ring substituents is 1. The number of carboxylic acids is 1. The molecule has 1 atom stereocenters. The van der Waals surface area contributed by atoms with Crippen LogP contribution in [0.3, 0.4) is 0 Å². The lowest BCUT2D eigenvalue weighted by Crippen LogP contribution is -2.40. The molecule has 0 spiro atoms. The summed E-state index contributed by atoms with van der Waals surface area (Å²) < 4.78 is 5.02. The summed E-state index contributed by atoms with van der Waals surface area (Å²) in [5.74, 6) is -1.01. The van der Waals surface area contributed by atoms with Crippen molar-refractivity contribution in [1.29, 1.82) is 0 Å². The van der Waals surface area contributed by atoms with Crippen LogP contribution in [0.2, 0.25) is 0 Å². The third-order valence-electron chi connectivity index (χ3n) is 4.56. The summed E-state index contributed by atoms with van der Waals surface area (Å²) in [4.78, 5) is 35.5. The van der Waals surface area contributed by atoms with Gasteiger partial charge in [0.15, 0.2) is 0 Å². The second-order valence-electron chi connectivity index (χ2n) is 6.42. The van der Waals surface area contributed by atoms with Gasteiger partial charge < -0.3 is 20.1 Å². The maximum Gasteiger partial charge on any atom is 0.313 e. The molecule has 0 aliphatic carbocycles. The minimum Gasteiger partial charge on any atom is -0.481 e. The molecule has 1 unspecified atom stereocenters. The first-order chi connectivity index (χ1) is 12.4. The molecular weight excluding hydrogens is 342 g/mol. The van der Waals surface area contributed by atoms with Crippen LogP contribution >= 0.6 is 0 Å². The Labute approximate surface area is 151 Å². The van der Waals surface area contributed by atoms with Gasteiger partial charge in [-0.05, 0) is 25.0 Å². The zero-order chi connectivity index (χ0) is 19.2. The van der Waals surface area contributed by atoms with E-state index in [4.69, 9.17) is 4.74 Å². The average Bonchev–Trinajstić information content (AvgIpc) is 3.05. The van der Waals surface area contributed by atoms with E-state index >= 15 is 0 Å². The van der Waals surface area contributed by atoms with Gasteiger partial charge in [-0.15, -0.1) is 0 Å². The Bertz CT molecular complexity index is 663. The van der Waals surface area contributed by atoms with Crippen LogP contribution < -0.4 is 5.32 Å². The van der Waals surface area contributed by atoms with Gasteiger partial charge in [-0.1, -0.05) is 0 Å². The van der Waals surface area contributed by atoms with E-state index in [0.717, 1.165) is 5.69 Å². The zero-order valence-corrected chi connectivity index (χ0v) is 14.6. The van der Waals surface area contributed by atoms with Gasteiger partial charge in [-0.25, -0.2) is 0 Å². The third-order valence-corrected chi connectivity index (χ3v) is 4.56. The van der Waals surface area contributed by atoms with E-state index in [1.165, 1.54) is 19.2 Å². The molecule has 1 amide bonds. The molecule has 142 valence electrons. The Morgan fingerprint density at radius 1 is 1.38 bits per heavy atom. The Hall–Kier alpha value is -2.68. The molecular formula is C17H23N3O6. The number of carbonyl (C=O) groups excluding carboxylic acids is 1. The van der Waals surface area contributed by atoms with E-state index in [1.54, 1.807) is 17.0 Å². The summed E-state index contributed by atoms with van der Waals surface area (Å²) in [6.07, 6.45) is 1.28. The van der Waals surface area contributed by atoms with E-state index < -0.39 is 16.3 Å². The molecule has 26 heavy (non-hydrogen) atoms. The molecule has 0 aromatic heterocycles. The molecule has 1 fully saturated rings. The highest BCUT2D eigenvalue weighted by atomic mass is 16.6. The number of benzene rings is 1. The van der Waals surface area contributed by atoms with Gasteiger partial charge in [0, 0.05) is 51.0 Å². The topological polar surface area (TPSA) is 122 Å². The SMILES string of the molecule is COCC1(C(=O)O)CCN(C(=O)CCCNc2ccc([N+](=O)[O-])cc2)C1. The fourth-order valence-electron chi connectivity index (χ4n) is 3.05. The van der Waals surface area contributed by atoms with Gasteiger partial charge in [-0.3, -0.25) is 19.7 Å². The number of ether oxygens (including phenoxy) is 1. The van der Waals surface area contributed by atoms with Crippen molar-refractivity contribution in [3.8, 4) is 0 Å². The largest absolute Gasteiger partial charge is 0.481 e. The van der Waals surface area contributed by atoms with Crippen molar-refractivity contribution in [2.45, 2.75) is 19.3 Å². The van der Waals surface area contributed by atoms with Crippen LogP contribution in [0.15, 0.2) is 24.3 Å². The molecule has 1 heterocycles. The Balaban J connectivity index is 1.75. The average molecular weight is 365 g/mol. The summed E-state index contributed by atoms with van der Waals surface area (Å²) in [5, 5.41) is 23.1. The van der Waals surface area contributed by atoms with Crippen molar-refractivity contribution in [3.05, 3.63) is 34.4 Å². The van der Waals surface area contributed by atoms with Crippen molar-refractivity contribution in [3.63, 3.8) is 0 Å². The summed E-state index contributed by atoms with van der Waals surface area (Å²) in [5.41, 5.74) is -0.242. The number of methoxy groups -OCH3 is 1. The van der Waals surface area contributed by atoms with Crippen LogP contribution in [0.4, 0.5) is 11.4 Å². The van der Waals surface area contributed by atoms with Gasteiger partial charge in [0.05, 0.1) is 11.5 Å². The number of carboxylic acid groups (broad SMARTS) is 1. The third kappa shape index (κ3) is 4.69. The monoisotopic (exact) mass is 365 g/mol. The van der Waals surface area contributed by atoms with E-state index in [9.17, 15) is 24.8 Å². The molecule has 9 nitrogen and oxygen atoms in total. The van der Waals surface area contributed by atoms with Crippen molar-refractivity contribution in [2.75, 3.05) is 38.7 Å². The normalized spacial score (nSPS) is 19.3. The molecule has 0 saturated carbocycles. The molecule has 1 aliphatic rings. The summed E-state index contributed by atoms with van der Waals surface area (Å²) in [6.45, 7) is 1.22. The Morgan fingerprint density at radius 3 is 2.65 bits per heavy atom. The first-order valence-corrected chi connectivity index (χ1v) is 8.36. The molecule has 2 rings (SSSR count). The molecule has 1 aromatic rings. The predicted octanol–water partition coefficient (Wildman–Crippen LogP) is 1.74. The number of likely N-dealkylation sites (tertiary alicyclic amines) is 1. The van der Waals surface area contributed by atoms with E-state index in [2.05, 4.69) is 5.32 Å². The quantitative estimate of drug-likeness (QED) is 0.388. The first-order valence-electron chi connectivity index (χ1n) is 8.36. The molecule has 0 bridgehead atoms. The molecule has 1 saturated heterocycles. The van der Waals surface area contributed by atoms with Crippen LogP contribution in [0, 0.1) is 15.5 Å². The fourth-order valence-corrected chi connectivity index (χ4v) is 3.05. The zero-order valence-electron chi connectivity index (χ0n) is 14.6. The van der Waals surface area contributed by atoms with Crippen LogP contribution in [0.5, 0.6) is 0 Å². The number of amides is 1. The number of nitrogens with zero attached hydrogens (tertiary/aromatic N) is 2. The number of rotatable bonds is 9. The number of nitro groups is 1. The lowest BCUT2D eigenvalue weighted by Gasteiger charge is -2.23. The number of nitrogens with one attached hydrogen (secondary N) is 1. The van der Waals surface area contributed by atoms with Crippen LogP contribution in [0.1, 0.15) is 19.3 Å². The second kappa shape index (κ2) is 8.61. The smallest absolute Gasteiger partial charge is 0.313 e. The lowest BCUT2D eigenvalue weighted by atomic mass is 9.88. The summed E-state index contributed by atoms with van der Waals surface area (Å²) in [6, 6.07) is 6.07. The lowest BCUT2D eigenvalue weighted by molar-refractivity contribution is -0.384. The molecule has 0 radical (unpaired) electrons. The van der Waals surface area contributed by atoms with Crippen molar-refractivity contribution < 1.29 is 24.4 Å². The van der Waals surface area contributed by atoms with Crippen molar-refractivity contribution >= 4 is 23.3 Å². The predicted molar refractivity (Wildman–Crippen MR) is 94.0 cm³/mol. The fraction of sp³-hybridized carbons (Fsp3) is 0.529. The van der Waals surface area contributed by atoms with Crippen molar-refractivity contribution in [2.24, 2.45) is 5.41 Å². The first kappa shape index (κ1) is 19.6. The van der Waals surface area contributed by atoms with Crippen LogP contribution in [-0.2, 0) is 14.3 Å². The number of anilines is 1. The van der Waals surface area contributed by atoms with Gasteiger partial charge in [0.1, 0.15) is 5.41 Å². The minimum atomic E-state index is -1.01. The molecule has 9 heteroatoms. The molecule has 2 N–H and O–H groups in total. The highest BCUT2D eigenvalue weighted by Gasteiger charge is 2.46. The maximum atomic E-state index is 12.3. The maximum absolute atomic E-state index is 12.3.